The van der Waals surface area contributed by atoms with Gasteiger partial charge in [0.25, 0.3) is 5.56 Å². The second kappa shape index (κ2) is 6.60. The monoisotopic (exact) mass is 336 g/mol. The molecular formula is C18H20N6O. The maximum Gasteiger partial charge on any atom is 0.267 e. The molecule has 0 saturated heterocycles. The summed E-state index contributed by atoms with van der Waals surface area (Å²) in [5, 5.41) is 12.9. The van der Waals surface area contributed by atoms with Crippen molar-refractivity contribution in [2.45, 2.75) is 33.0 Å². The standard InChI is InChI=1S/C18H20N6O/c1-2-23-18(25)10-14-11-22(9-8-17(14)20-23)12-15-13-24(21-19-15)16-6-4-3-5-7-16/h3-7,10,13H,2,8-9,11-12H2,1H3. The smallest absolute Gasteiger partial charge is 0.267 e. The van der Waals surface area contributed by atoms with E-state index in [0.717, 1.165) is 42.1 Å². The molecule has 1 aliphatic rings. The van der Waals surface area contributed by atoms with E-state index in [-0.39, 0.29) is 5.56 Å². The first kappa shape index (κ1) is 15.7. The zero-order chi connectivity index (χ0) is 17.2. The molecule has 3 aromatic rings. The van der Waals surface area contributed by atoms with Gasteiger partial charge in [0.15, 0.2) is 0 Å². The highest BCUT2D eigenvalue weighted by Crippen LogP contribution is 2.17. The summed E-state index contributed by atoms with van der Waals surface area (Å²) in [4.78, 5) is 14.3. The number of aromatic nitrogens is 5. The quantitative estimate of drug-likeness (QED) is 0.720. The van der Waals surface area contributed by atoms with Gasteiger partial charge >= 0.3 is 0 Å². The molecule has 4 rings (SSSR count). The van der Waals surface area contributed by atoms with E-state index in [2.05, 4.69) is 20.3 Å². The lowest BCUT2D eigenvalue weighted by Gasteiger charge is -2.27. The largest absolute Gasteiger partial charge is 0.293 e. The zero-order valence-electron chi connectivity index (χ0n) is 14.2. The maximum absolute atomic E-state index is 12.0. The number of nitrogens with zero attached hydrogens (tertiary/aromatic N) is 6. The topological polar surface area (TPSA) is 68.8 Å². The first-order chi connectivity index (χ1) is 12.2. The lowest BCUT2D eigenvalue weighted by Crippen LogP contribution is -2.34. The average Bonchev–Trinajstić information content (AvgIpc) is 3.10. The molecule has 1 aromatic carbocycles. The van der Waals surface area contributed by atoms with E-state index in [4.69, 9.17) is 0 Å². The summed E-state index contributed by atoms with van der Waals surface area (Å²) in [6.07, 6.45) is 2.81. The maximum atomic E-state index is 12.0. The van der Waals surface area contributed by atoms with Crippen molar-refractivity contribution in [2.24, 2.45) is 0 Å². The van der Waals surface area contributed by atoms with Crippen molar-refractivity contribution in [1.29, 1.82) is 0 Å². The molecule has 0 fully saturated rings. The lowest BCUT2D eigenvalue weighted by molar-refractivity contribution is 0.238. The third-order valence-corrected chi connectivity index (χ3v) is 4.47. The lowest BCUT2D eigenvalue weighted by atomic mass is 10.1. The normalized spacial score (nSPS) is 14.4. The van der Waals surface area contributed by atoms with Crippen LogP contribution in [0, 0.1) is 0 Å². The predicted octanol–water partition coefficient (Wildman–Crippen LogP) is 1.40. The highest BCUT2D eigenvalue weighted by atomic mass is 16.1. The van der Waals surface area contributed by atoms with E-state index < -0.39 is 0 Å². The molecule has 0 radical (unpaired) electrons. The third kappa shape index (κ3) is 3.23. The van der Waals surface area contributed by atoms with Crippen LogP contribution < -0.4 is 5.56 Å². The zero-order valence-corrected chi connectivity index (χ0v) is 14.2. The van der Waals surface area contributed by atoms with Gasteiger partial charge in [0, 0.05) is 38.7 Å². The summed E-state index contributed by atoms with van der Waals surface area (Å²) in [6.45, 7) is 4.88. The van der Waals surface area contributed by atoms with E-state index in [9.17, 15) is 4.79 Å². The SMILES string of the molecule is CCn1nc2c(cc1=O)CN(Cc1cn(-c3ccccc3)nn1)CC2. The Hall–Kier alpha value is -2.80. The molecule has 2 aromatic heterocycles. The van der Waals surface area contributed by atoms with Crippen LogP contribution in [-0.4, -0.2) is 36.2 Å². The van der Waals surface area contributed by atoms with Gasteiger partial charge in [-0.15, -0.1) is 5.10 Å². The molecule has 7 heteroatoms. The fourth-order valence-corrected chi connectivity index (χ4v) is 3.17. The molecule has 0 unspecified atom stereocenters. The summed E-state index contributed by atoms with van der Waals surface area (Å²) >= 11 is 0. The number of para-hydroxylation sites is 1. The van der Waals surface area contributed by atoms with E-state index in [0.29, 0.717) is 13.1 Å². The van der Waals surface area contributed by atoms with Crippen molar-refractivity contribution in [3.8, 4) is 5.69 Å². The number of hydrogen-bond acceptors (Lipinski definition) is 5. The molecule has 25 heavy (non-hydrogen) atoms. The van der Waals surface area contributed by atoms with Crippen LogP contribution in [0.15, 0.2) is 47.4 Å². The number of aryl methyl sites for hydroxylation is 1. The molecular weight excluding hydrogens is 316 g/mol. The van der Waals surface area contributed by atoms with Crippen molar-refractivity contribution in [3.63, 3.8) is 0 Å². The summed E-state index contributed by atoms with van der Waals surface area (Å²) in [5.41, 5.74) is 3.94. The van der Waals surface area contributed by atoms with Crippen LogP contribution in [0.4, 0.5) is 0 Å². The first-order valence-electron chi connectivity index (χ1n) is 8.52. The molecule has 0 N–H and O–H groups in total. The first-order valence-corrected chi connectivity index (χ1v) is 8.52. The summed E-state index contributed by atoms with van der Waals surface area (Å²) < 4.78 is 3.31. The van der Waals surface area contributed by atoms with Gasteiger partial charge in [-0.05, 0) is 24.6 Å². The minimum absolute atomic E-state index is 0.0295. The van der Waals surface area contributed by atoms with Gasteiger partial charge < -0.3 is 0 Å². The van der Waals surface area contributed by atoms with Crippen molar-refractivity contribution in [1.82, 2.24) is 29.7 Å². The highest BCUT2D eigenvalue weighted by Gasteiger charge is 2.20. The molecule has 7 nitrogen and oxygen atoms in total. The molecule has 0 bridgehead atoms. The van der Waals surface area contributed by atoms with Gasteiger partial charge in [-0.1, -0.05) is 23.4 Å². The highest BCUT2D eigenvalue weighted by molar-refractivity contribution is 5.30. The number of benzene rings is 1. The van der Waals surface area contributed by atoms with Crippen molar-refractivity contribution >= 4 is 0 Å². The van der Waals surface area contributed by atoms with Crippen molar-refractivity contribution in [2.75, 3.05) is 6.54 Å². The van der Waals surface area contributed by atoms with Gasteiger partial charge in [0.2, 0.25) is 0 Å². The van der Waals surface area contributed by atoms with E-state index >= 15 is 0 Å². The van der Waals surface area contributed by atoms with Crippen LogP contribution in [0.25, 0.3) is 5.69 Å². The minimum atomic E-state index is -0.0295. The predicted molar refractivity (Wildman–Crippen MR) is 93.3 cm³/mol. The van der Waals surface area contributed by atoms with Gasteiger partial charge in [-0.2, -0.15) is 5.10 Å². The van der Waals surface area contributed by atoms with E-state index in [1.54, 1.807) is 10.7 Å². The summed E-state index contributed by atoms with van der Waals surface area (Å²) in [5.74, 6) is 0. The Balaban J connectivity index is 1.49. The van der Waals surface area contributed by atoms with Crippen LogP contribution in [0.1, 0.15) is 23.9 Å². The van der Waals surface area contributed by atoms with Crippen molar-refractivity contribution in [3.05, 3.63) is 69.9 Å². The Morgan fingerprint density at radius 1 is 1.20 bits per heavy atom. The Morgan fingerprint density at radius 3 is 2.84 bits per heavy atom. The van der Waals surface area contributed by atoms with Crippen LogP contribution in [0.3, 0.4) is 0 Å². The molecule has 128 valence electrons. The second-order valence-corrected chi connectivity index (χ2v) is 6.22. The Labute approximate surface area is 145 Å². The van der Waals surface area contributed by atoms with Crippen LogP contribution in [0.2, 0.25) is 0 Å². The van der Waals surface area contributed by atoms with Crippen LogP contribution >= 0.6 is 0 Å². The molecule has 0 amide bonds. The van der Waals surface area contributed by atoms with Gasteiger partial charge in [-0.3, -0.25) is 9.69 Å². The van der Waals surface area contributed by atoms with E-state index in [1.165, 1.54) is 4.68 Å². The third-order valence-electron chi connectivity index (χ3n) is 4.47. The Kier molecular flexibility index (Phi) is 4.15. The fraction of sp³-hybridized carbons (Fsp3) is 0.333. The molecule has 0 saturated carbocycles. The van der Waals surface area contributed by atoms with Gasteiger partial charge in [0.05, 0.1) is 23.3 Å². The fourth-order valence-electron chi connectivity index (χ4n) is 3.17. The molecule has 0 spiro atoms. The van der Waals surface area contributed by atoms with Gasteiger partial charge in [-0.25, -0.2) is 9.36 Å². The molecule has 0 aliphatic carbocycles. The van der Waals surface area contributed by atoms with Crippen LogP contribution in [-0.2, 0) is 26.1 Å². The van der Waals surface area contributed by atoms with Crippen molar-refractivity contribution < 1.29 is 0 Å². The molecule has 1 aliphatic heterocycles. The minimum Gasteiger partial charge on any atom is -0.293 e. The van der Waals surface area contributed by atoms with Gasteiger partial charge in [0.1, 0.15) is 0 Å². The molecule has 0 atom stereocenters. The summed E-state index contributed by atoms with van der Waals surface area (Å²) in [6, 6.07) is 11.7. The molecule has 3 heterocycles. The average molecular weight is 336 g/mol. The number of fused-ring (bicyclic) bond motifs is 1. The van der Waals surface area contributed by atoms with E-state index in [1.807, 2.05) is 43.5 Å². The van der Waals surface area contributed by atoms with Crippen LogP contribution in [0.5, 0.6) is 0 Å². The summed E-state index contributed by atoms with van der Waals surface area (Å²) in [7, 11) is 0. The number of hydrogen-bond donors (Lipinski definition) is 0. The number of rotatable bonds is 4. The Morgan fingerprint density at radius 2 is 2.04 bits per heavy atom. The Bertz CT molecular complexity index is 930. The second-order valence-electron chi connectivity index (χ2n) is 6.22.